The molecule has 4 aliphatic rings. The molecule has 4 bridgehead atoms. The highest BCUT2D eigenvalue weighted by atomic mass is 16.3. The average molecular weight is 287 g/mol. The topological polar surface area (TPSA) is 25.2 Å². The number of hydrogen-bond donors (Lipinski definition) is 1. The Hall–Kier alpha value is -0.760. The third-order valence-corrected chi connectivity index (χ3v) is 6.36. The molecule has 1 aromatic heterocycles. The molecule has 1 unspecified atom stereocenters. The molecule has 2 nitrogen and oxygen atoms in total. The highest BCUT2D eigenvalue weighted by Gasteiger charge is 2.51. The van der Waals surface area contributed by atoms with Crippen LogP contribution in [-0.4, -0.2) is 12.6 Å². The molecule has 0 aromatic carbocycles. The first-order chi connectivity index (χ1) is 10.2. The highest BCUT2D eigenvalue weighted by Crippen LogP contribution is 2.61. The van der Waals surface area contributed by atoms with Crippen LogP contribution in [0, 0.1) is 23.2 Å². The minimum atomic E-state index is 0.595. The van der Waals surface area contributed by atoms with Crippen molar-refractivity contribution in [1.29, 1.82) is 0 Å². The number of rotatable bonds is 6. The smallest absolute Gasteiger partial charge is 0.105 e. The van der Waals surface area contributed by atoms with Crippen LogP contribution in [-0.2, 0) is 6.42 Å². The second-order valence-corrected chi connectivity index (χ2v) is 8.16. The van der Waals surface area contributed by atoms with Crippen LogP contribution in [0.2, 0.25) is 0 Å². The zero-order valence-corrected chi connectivity index (χ0v) is 13.3. The van der Waals surface area contributed by atoms with Crippen LogP contribution in [0.1, 0.15) is 57.6 Å². The summed E-state index contributed by atoms with van der Waals surface area (Å²) in [5.41, 5.74) is 0.661. The molecule has 0 radical (unpaired) electrons. The van der Waals surface area contributed by atoms with E-state index in [1.54, 1.807) is 19.3 Å². The van der Waals surface area contributed by atoms with E-state index >= 15 is 0 Å². The quantitative estimate of drug-likeness (QED) is 0.838. The maximum absolute atomic E-state index is 5.59. The van der Waals surface area contributed by atoms with Gasteiger partial charge in [0.05, 0.1) is 6.26 Å². The van der Waals surface area contributed by atoms with Crippen molar-refractivity contribution in [2.45, 2.75) is 64.3 Å². The zero-order chi connectivity index (χ0) is 14.3. The molecule has 1 heterocycles. The molecule has 116 valence electrons. The Kier molecular flexibility index (Phi) is 3.61. The predicted molar refractivity (Wildman–Crippen MR) is 85.1 cm³/mol. The van der Waals surface area contributed by atoms with Crippen LogP contribution < -0.4 is 5.32 Å². The summed E-state index contributed by atoms with van der Waals surface area (Å²) in [4.78, 5) is 0. The monoisotopic (exact) mass is 287 g/mol. The standard InChI is InChI=1S/C19H29NO/c1-2-20-17(9-18-4-3-5-21-18)13-19-10-14-6-15(11-19)8-16(7-14)12-19/h3-5,14-17,20H,2,6-13H2,1H3. The van der Waals surface area contributed by atoms with Gasteiger partial charge in [-0.2, -0.15) is 0 Å². The van der Waals surface area contributed by atoms with Crippen molar-refractivity contribution in [1.82, 2.24) is 5.32 Å². The summed E-state index contributed by atoms with van der Waals surface area (Å²) in [6.45, 7) is 3.30. The first-order valence-corrected chi connectivity index (χ1v) is 9.00. The maximum Gasteiger partial charge on any atom is 0.105 e. The van der Waals surface area contributed by atoms with Gasteiger partial charge in [0, 0.05) is 12.5 Å². The molecule has 1 aromatic rings. The molecule has 4 saturated carbocycles. The molecule has 21 heavy (non-hydrogen) atoms. The molecule has 4 aliphatic carbocycles. The van der Waals surface area contributed by atoms with Crippen LogP contribution in [0.25, 0.3) is 0 Å². The van der Waals surface area contributed by atoms with Crippen molar-refractivity contribution in [2.24, 2.45) is 23.2 Å². The fourth-order valence-electron chi connectivity index (χ4n) is 6.24. The lowest BCUT2D eigenvalue weighted by atomic mass is 9.48. The van der Waals surface area contributed by atoms with Crippen molar-refractivity contribution in [3.63, 3.8) is 0 Å². The molecule has 0 aliphatic heterocycles. The molecular weight excluding hydrogens is 258 g/mol. The molecule has 1 atom stereocenters. The van der Waals surface area contributed by atoms with Gasteiger partial charge in [-0.25, -0.2) is 0 Å². The van der Waals surface area contributed by atoms with E-state index in [9.17, 15) is 0 Å². The number of likely N-dealkylation sites (N-methyl/N-ethyl adjacent to an activating group) is 1. The SMILES string of the molecule is CCNC(Cc1ccco1)CC12CC3CC(CC(C3)C1)C2. The Morgan fingerprint density at radius 1 is 1.19 bits per heavy atom. The Bertz CT molecular complexity index is 429. The fourth-order valence-corrected chi connectivity index (χ4v) is 6.24. The van der Waals surface area contributed by atoms with Crippen molar-refractivity contribution in [3.8, 4) is 0 Å². The minimum absolute atomic E-state index is 0.595. The molecular formula is C19H29NO. The van der Waals surface area contributed by atoms with Gasteiger partial charge in [0.1, 0.15) is 5.76 Å². The van der Waals surface area contributed by atoms with Gasteiger partial charge in [0.25, 0.3) is 0 Å². The van der Waals surface area contributed by atoms with Gasteiger partial charge in [0.2, 0.25) is 0 Å². The summed E-state index contributed by atoms with van der Waals surface area (Å²) in [5, 5.41) is 3.74. The van der Waals surface area contributed by atoms with Gasteiger partial charge in [-0.05, 0) is 86.8 Å². The van der Waals surface area contributed by atoms with Gasteiger partial charge in [-0.1, -0.05) is 6.92 Å². The van der Waals surface area contributed by atoms with E-state index in [-0.39, 0.29) is 0 Å². The third-order valence-electron chi connectivity index (χ3n) is 6.36. The average Bonchev–Trinajstić information content (AvgIpc) is 2.89. The van der Waals surface area contributed by atoms with E-state index in [1.165, 1.54) is 25.7 Å². The molecule has 0 spiro atoms. The summed E-state index contributed by atoms with van der Waals surface area (Å²) >= 11 is 0. The van der Waals surface area contributed by atoms with E-state index in [2.05, 4.69) is 18.3 Å². The van der Waals surface area contributed by atoms with Crippen LogP contribution in [0.5, 0.6) is 0 Å². The minimum Gasteiger partial charge on any atom is -0.469 e. The molecule has 1 N–H and O–H groups in total. The summed E-state index contributed by atoms with van der Waals surface area (Å²) in [6, 6.07) is 4.74. The van der Waals surface area contributed by atoms with Crippen LogP contribution in [0.4, 0.5) is 0 Å². The van der Waals surface area contributed by atoms with Gasteiger partial charge in [-0.3, -0.25) is 0 Å². The first-order valence-electron chi connectivity index (χ1n) is 9.00. The van der Waals surface area contributed by atoms with Crippen LogP contribution in [0.15, 0.2) is 22.8 Å². The second kappa shape index (κ2) is 5.46. The van der Waals surface area contributed by atoms with E-state index in [1.807, 2.05) is 12.3 Å². The zero-order valence-electron chi connectivity index (χ0n) is 13.3. The normalized spacial score (nSPS) is 38.8. The third kappa shape index (κ3) is 2.79. The lowest BCUT2D eigenvalue weighted by Gasteiger charge is -2.57. The van der Waals surface area contributed by atoms with Crippen molar-refractivity contribution >= 4 is 0 Å². The van der Waals surface area contributed by atoms with E-state index in [4.69, 9.17) is 4.42 Å². The Labute approximate surface area is 128 Å². The highest BCUT2D eigenvalue weighted by molar-refractivity contribution is 5.05. The van der Waals surface area contributed by atoms with Gasteiger partial charge < -0.3 is 9.73 Å². The van der Waals surface area contributed by atoms with E-state index in [0.717, 1.165) is 36.5 Å². The van der Waals surface area contributed by atoms with Crippen LogP contribution in [0.3, 0.4) is 0 Å². The van der Waals surface area contributed by atoms with Crippen molar-refractivity contribution in [2.75, 3.05) is 6.54 Å². The lowest BCUT2D eigenvalue weighted by Crippen LogP contribution is -2.49. The Morgan fingerprint density at radius 2 is 1.86 bits per heavy atom. The number of hydrogen-bond acceptors (Lipinski definition) is 2. The fraction of sp³-hybridized carbons (Fsp3) is 0.789. The number of nitrogens with one attached hydrogen (secondary N) is 1. The largest absolute Gasteiger partial charge is 0.469 e. The summed E-state index contributed by atoms with van der Waals surface area (Å²) < 4.78 is 5.59. The maximum atomic E-state index is 5.59. The Morgan fingerprint density at radius 3 is 2.38 bits per heavy atom. The molecule has 0 amide bonds. The summed E-state index contributed by atoms with van der Waals surface area (Å²) in [7, 11) is 0. The van der Waals surface area contributed by atoms with Gasteiger partial charge >= 0.3 is 0 Å². The van der Waals surface area contributed by atoms with Gasteiger partial charge in [0.15, 0.2) is 0 Å². The van der Waals surface area contributed by atoms with Crippen molar-refractivity contribution < 1.29 is 4.42 Å². The molecule has 2 heteroatoms. The summed E-state index contributed by atoms with van der Waals surface area (Å²) in [5.74, 6) is 4.32. The predicted octanol–water partition coefficient (Wildman–Crippen LogP) is 4.41. The molecule has 0 saturated heterocycles. The number of furan rings is 1. The van der Waals surface area contributed by atoms with Gasteiger partial charge in [-0.15, -0.1) is 0 Å². The van der Waals surface area contributed by atoms with E-state index < -0.39 is 0 Å². The molecule has 5 rings (SSSR count). The van der Waals surface area contributed by atoms with Crippen molar-refractivity contribution in [3.05, 3.63) is 24.2 Å². The van der Waals surface area contributed by atoms with E-state index in [0.29, 0.717) is 11.5 Å². The lowest BCUT2D eigenvalue weighted by molar-refractivity contribution is -0.0620. The second-order valence-electron chi connectivity index (χ2n) is 8.16. The summed E-state index contributed by atoms with van der Waals surface area (Å²) in [6.07, 6.45) is 13.4. The Balaban J connectivity index is 1.47. The van der Waals surface area contributed by atoms with Crippen LogP contribution >= 0.6 is 0 Å². The first kappa shape index (κ1) is 13.9. The molecule has 4 fully saturated rings.